The minimum atomic E-state index is -3.21. The topological polar surface area (TPSA) is 139 Å². The average molecular weight is 398 g/mol. The quantitative estimate of drug-likeness (QED) is 0.383. The van der Waals surface area contributed by atoms with E-state index in [1.165, 1.54) is 17.5 Å². The van der Waals surface area contributed by atoms with Crippen molar-refractivity contribution in [3.8, 4) is 6.07 Å². The summed E-state index contributed by atoms with van der Waals surface area (Å²) in [5, 5.41) is 9.11. The molecule has 2 heterocycles. The Morgan fingerprint density at radius 1 is 1.48 bits per heavy atom. The second-order valence-corrected chi connectivity index (χ2v) is 8.90. The highest BCUT2D eigenvalue weighted by Crippen LogP contribution is 2.22. The lowest BCUT2D eigenvalue weighted by atomic mass is 10.3. The molecule has 132 valence electrons. The van der Waals surface area contributed by atoms with Crippen LogP contribution in [-0.4, -0.2) is 42.7 Å². The van der Waals surface area contributed by atoms with Crippen LogP contribution >= 0.6 is 23.1 Å². The third-order valence-corrected chi connectivity index (χ3v) is 5.70. The molecular weight excluding hydrogens is 382 g/mol. The van der Waals surface area contributed by atoms with Gasteiger partial charge in [0.25, 0.3) is 0 Å². The summed E-state index contributed by atoms with van der Waals surface area (Å²) in [4.78, 5) is 21.7. The van der Waals surface area contributed by atoms with Crippen molar-refractivity contribution in [3.63, 3.8) is 0 Å². The second kappa shape index (κ2) is 8.39. The smallest absolute Gasteiger partial charge is 0.208 e. The number of rotatable bonds is 8. The lowest BCUT2D eigenvalue weighted by Crippen LogP contribution is -2.23. The van der Waals surface area contributed by atoms with Gasteiger partial charge in [-0.2, -0.15) is 5.26 Å². The summed E-state index contributed by atoms with van der Waals surface area (Å²) >= 11 is 2.47. The van der Waals surface area contributed by atoms with Gasteiger partial charge in [-0.15, -0.1) is 11.3 Å². The third kappa shape index (κ3) is 6.09. The summed E-state index contributed by atoms with van der Waals surface area (Å²) in [5.74, 6) is 0.153. The van der Waals surface area contributed by atoms with Crippen LogP contribution in [0.15, 0.2) is 23.5 Å². The fraction of sp³-hybridized carbons (Fsp3) is 0.286. The first-order valence-corrected chi connectivity index (χ1v) is 10.7. The van der Waals surface area contributed by atoms with Crippen molar-refractivity contribution in [2.45, 2.75) is 11.6 Å². The molecule has 2 aromatic heterocycles. The van der Waals surface area contributed by atoms with E-state index in [9.17, 15) is 13.2 Å². The molecule has 0 saturated heterocycles. The van der Waals surface area contributed by atoms with Crippen molar-refractivity contribution >= 4 is 44.7 Å². The maximum atomic E-state index is 12.2. The van der Waals surface area contributed by atoms with Crippen molar-refractivity contribution in [1.82, 2.24) is 14.7 Å². The lowest BCUT2D eigenvalue weighted by Gasteiger charge is -2.01. The standard InChI is InChI=1S/C14H15N5O3S3/c1-25(21,22)18-5-4-10-2-3-12(24-10)11(20)8-23-14-17-7-9(6-15)13(16)19-14/h2-3,7,18H,4-5,8H2,1H3,(H2,16,17,19). The zero-order chi connectivity index (χ0) is 18.4. The van der Waals surface area contributed by atoms with Gasteiger partial charge in [-0.1, -0.05) is 11.8 Å². The van der Waals surface area contributed by atoms with Crippen LogP contribution in [0.3, 0.4) is 0 Å². The van der Waals surface area contributed by atoms with Gasteiger partial charge in [0.05, 0.1) is 23.1 Å². The number of hydrogen-bond donors (Lipinski definition) is 2. The summed E-state index contributed by atoms with van der Waals surface area (Å²) in [6.45, 7) is 0.292. The van der Waals surface area contributed by atoms with Crippen molar-refractivity contribution in [1.29, 1.82) is 5.26 Å². The Hall–Kier alpha value is -2.00. The number of nitrogens with zero attached hydrogens (tertiary/aromatic N) is 3. The van der Waals surface area contributed by atoms with Gasteiger partial charge >= 0.3 is 0 Å². The van der Waals surface area contributed by atoms with E-state index < -0.39 is 10.0 Å². The number of ketones is 1. The molecule has 25 heavy (non-hydrogen) atoms. The molecule has 0 saturated carbocycles. The first-order valence-electron chi connectivity index (χ1n) is 7.00. The number of thiophene rings is 1. The van der Waals surface area contributed by atoms with Gasteiger partial charge in [0.15, 0.2) is 10.9 Å². The first-order chi connectivity index (χ1) is 11.8. The van der Waals surface area contributed by atoms with Crippen LogP contribution in [0.2, 0.25) is 0 Å². The first kappa shape index (κ1) is 19.3. The van der Waals surface area contributed by atoms with E-state index >= 15 is 0 Å². The van der Waals surface area contributed by atoms with Gasteiger partial charge in [-0.05, 0) is 18.6 Å². The number of Topliss-reactive ketones (excluding diaryl/α,β-unsaturated/α-hetero) is 1. The van der Waals surface area contributed by atoms with Crippen molar-refractivity contribution in [3.05, 3.63) is 33.6 Å². The summed E-state index contributed by atoms with van der Waals surface area (Å²) < 4.78 is 24.4. The fourth-order valence-corrected chi connectivity index (χ4v) is 3.97. The van der Waals surface area contributed by atoms with E-state index in [4.69, 9.17) is 11.0 Å². The molecule has 0 aromatic carbocycles. The van der Waals surface area contributed by atoms with Crippen LogP contribution in [0.4, 0.5) is 5.82 Å². The minimum absolute atomic E-state index is 0.0798. The Morgan fingerprint density at radius 3 is 2.88 bits per heavy atom. The van der Waals surface area contributed by atoms with E-state index in [0.29, 0.717) is 23.0 Å². The largest absolute Gasteiger partial charge is 0.382 e. The van der Waals surface area contributed by atoms with E-state index in [1.54, 1.807) is 6.07 Å². The third-order valence-electron chi connectivity index (χ3n) is 2.92. The van der Waals surface area contributed by atoms with Crippen LogP contribution in [0, 0.1) is 11.3 Å². The highest BCUT2D eigenvalue weighted by molar-refractivity contribution is 7.99. The molecule has 11 heteroatoms. The van der Waals surface area contributed by atoms with Crippen LogP contribution in [0.1, 0.15) is 20.1 Å². The number of carbonyl (C=O) groups is 1. The number of nitrogen functional groups attached to an aromatic ring is 1. The maximum absolute atomic E-state index is 12.2. The van der Waals surface area contributed by atoms with Gasteiger partial charge in [0, 0.05) is 11.4 Å². The highest BCUT2D eigenvalue weighted by Gasteiger charge is 2.12. The molecule has 0 spiro atoms. The van der Waals surface area contributed by atoms with Crippen LogP contribution in [0.25, 0.3) is 0 Å². The maximum Gasteiger partial charge on any atom is 0.208 e. The van der Waals surface area contributed by atoms with E-state index in [0.717, 1.165) is 22.9 Å². The summed E-state index contributed by atoms with van der Waals surface area (Å²) in [6, 6.07) is 5.40. The van der Waals surface area contributed by atoms with Gasteiger partial charge in [-0.25, -0.2) is 23.1 Å². The monoisotopic (exact) mass is 397 g/mol. The number of nitrogens with one attached hydrogen (secondary N) is 1. The van der Waals surface area contributed by atoms with Crippen molar-refractivity contribution < 1.29 is 13.2 Å². The molecule has 0 unspecified atom stereocenters. The van der Waals surface area contributed by atoms with Crippen LogP contribution < -0.4 is 10.5 Å². The number of nitrogens with two attached hydrogens (primary N) is 1. The number of aromatic nitrogens is 2. The molecule has 0 fully saturated rings. The Morgan fingerprint density at radius 2 is 2.24 bits per heavy atom. The predicted octanol–water partition coefficient (Wildman–Crippen LogP) is 1.06. The number of thioether (sulfide) groups is 1. The SMILES string of the molecule is CS(=O)(=O)NCCc1ccc(C(=O)CSc2ncc(C#N)c(N)n2)s1. The van der Waals surface area contributed by atoms with E-state index in [2.05, 4.69) is 14.7 Å². The molecule has 2 rings (SSSR count). The predicted molar refractivity (Wildman–Crippen MR) is 97.1 cm³/mol. The van der Waals surface area contributed by atoms with Gasteiger partial charge < -0.3 is 5.73 Å². The molecule has 0 bridgehead atoms. The molecule has 0 radical (unpaired) electrons. The zero-order valence-corrected chi connectivity index (χ0v) is 15.7. The summed E-state index contributed by atoms with van der Waals surface area (Å²) in [6.07, 6.45) is 2.95. The molecule has 0 aliphatic carbocycles. The van der Waals surface area contributed by atoms with Gasteiger partial charge in [0.1, 0.15) is 17.5 Å². The number of nitriles is 1. The van der Waals surface area contributed by atoms with Crippen molar-refractivity contribution in [2.24, 2.45) is 0 Å². The molecular formula is C14H15N5O3S3. The Kier molecular flexibility index (Phi) is 6.49. The highest BCUT2D eigenvalue weighted by atomic mass is 32.2. The molecule has 8 nitrogen and oxygen atoms in total. The second-order valence-electron chi connectivity index (χ2n) is 4.96. The minimum Gasteiger partial charge on any atom is -0.382 e. The van der Waals surface area contributed by atoms with Crippen molar-refractivity contribution in [2.75, 3.05) is 24.3 Å². The summed E-state index contributed by atoms with van der Waals surface area (Å²) in [7, 11) is -3.21. The fourth-order valence-electron chi connectivity index (χ4n) is 1.76. The Balaban J connectivity index is 1.89. The van der Waals surface area contributed by atoms with Crippen LogP contribution in [0.5, 0.6) is 0 Å². The summed E-state index contributed by atoms with van der Waals surface area (Å²) in [5.41, 5.74) is 5.81. The van der Waals surface area contributed by atoms with Gasteiger partial charge in [0.2, 0.25) is 10.0 Å². The molecule has 3 N–H and O–H groups in total. The zero-order valence-electron chi connectivity index (χ0n) is 13.2. The normalized spacial score (nSPS) is 11.2. The van der Waals surface area contributed by atoms with Crippen LogP contribution in [-0.2, 0) is 16.4 Å². The number of anilines is 1. The van der Waals surface area contributed by atoms with E-state index in [-0.39, 0.29) is 22.9 Å². The molecule has 0 atom stereocenters. The number of sulfonamides is 1. The Labute approximate surface area is 153 Å². The number of carbonyl (C=O) groups excluding carboxylic acids is 1. The molecule has 0 aliphatic rings. The molecule has 2 aromatic rings. The van der Waals surface area contributed by atoms with Gasteiger partial charge in [-0.3, -0.25) is 4.79 Å². The van der Waals surface area contributed by atoms with E-state index in [1.807, 2.05) is 12.1 Å². The molecule has 0 aliphatic heterocycles. The Bertz CT molecular complexity index is 918. The average Bonchev–Trinajstić information content (AvgIpc) is 3.00. The lowest BCUT2D eigenvalue weighted by molar-refractivity contribution is 0.102. The molecule has 0 amide bonds. The number of hydrogen-bond acceptors (Lipinski definition) is 9.